The van der Waals surface area contributed by atoms with Gasteiger partial charge in [-0.05, 0) is 24.6 Å². The van der Waals surface area contributed by atoms with Gasteiger partial charge in [0.15, 0.2) is 0 Å². The molecule has 2 atom stereocenters. The smallest absolute Gasteiger partial charge is 0.263 e. The summed E-state index contributed by atoms with van der Waals surface area (Å²) >= 11 is 0. The first-order chi connectivity index (χ1) is 8.10. The molecule has 0 aromatic heterocycles. The van der Waals surface area contributed by atoms with Crippen LogP contribution in [-0.4, -0.2) is 11.7 Å². The molecule has 2 unspecified atom stereocenters. The van der Waals surface area contributed by atoms with Gasteiger partial charge < -0.3 is 10.8 Å². The first-order valence-electron chi connectivity index (χ1n) is 5.86. The molecule has 4 heteroatoms. The van der Waals surface area contributed by atoms with Crippen molar-refractivity contribution in [3.63, 3.8) is 0 Å². The fourth-order valence-electron chi connectivity index (χ4n) is 1.93. The Morgan fingerprint density at radius 2 is 1.94 bits per heavy atom. The van der Waals surface area contributed by atoms with Crippen LogP contribution < -0.4 is 5.73 Å². The van der Waals surface area contributed by atoms with E-state index in [0.29, 0.717) is 12.1 Å². The molecule has 17 heavy (non-hydrogen) atoms. The molecule has 1 aromatic rings. The van der Waals surface area contributed by atoms with E-state index in [1.165, 1.54) is 12.1 Å². The number of aliphatic hydroxyl groups excluding tert-OH is 1. The van der Waals surface area contributed by atoms with Crippen molar-refractivity contribution >= 4 is 0 Å². The highest BCUT2D eigenvalue weighted by molar-refractivity contribution is 5.26. The Hall–Kier alpha value is -1.00. The molecule has 0 aliphatic carbocycles. The van der Waals surface area contributed by atoms with E-state index < -0.39 is 12.5 Å². The Bertz CT molecular complexity index is 344. The molecule has 0 heterocycles. The van der Waals surface area contributed by atoms with E-state index in [1.807, 2.05) is 6.92 Å². The van der Waals surface area contributed by atoms with Crippen LogP contribution in [0.4, 0.5) is 8.78 Å². The fraction of sp³-hybridized carbons (Fsp3) is 0.538. The zero-order valence-electron chi connectivity index (χ0n) is 9.94. The van der Waals surface area contributed by atoms with Crippen LogP contribution in [-0.2, 0) is 0 Å². The lowest BCUT2D eigenvalue weighted by atomic mass is 9.91. The summed E-state index contributed by atoms with van der Waals surface area (Å²) in [6, 6.07) is 5.92. The molecular formula is C13H19F2NO. The summed E-state index contributed by atoms with van der Waals surface area (Å²) in [6.07, 6.45) is -1.58. The predicted octanol–water partition coefficient (Wildman–Crippen LogP) is 3.03. The van der Waals surface area contributed by atoms with Crippen LogP contribution in [0.1, 0.15) is 43.4 Å². The van der Waals surface area contributed by atoms with Gasteiger partial charge in [-0.1, -0.05) is 31.5 Å². The van der Waals surface area contributed by atoms with Crippen LogP contribution in [0, 0.1) is 5.92 Å². The van der Waals surface area contributed by atoms with Crippen molar-refractivity contribution in [2.75, 3.05) is 6.54 Å². The Kier molecular flexibility index (Phi) is 5.51. The number of hydrogen-bond donors (Lipinski definition) is 2. The van der Waals surface area contributed by atoms with E-state index >= 15 is 0 Å². The van der Waals surface area contributed by atoms with Gasteiger partial charge in [-0.25, -0.2) is 8.78 Å². The zero-order valence-corrected chi connectivity index (χ0v) is 9.94. The van der Waals surface area contributed by atoms with E-state index in [9.17, 15) is 13.9 Å². The van der Waals surface area contributed by atoms with Crippen molar-refractivity contribution in [3.8, 4) is 0 Å². The number of benzene rings is 1. The number of nitrogens with two attached hydrogens (primary N) is 1. The Labute approximate surface area is 100 Å². The monoisotopic (exact) mass is 243 g/mol. The zero-order chi connectivity index (χ0) is 12.8. The average molecular weight is 243 g/mol. The van der Waals surface area contributed by atoms with Crippen molar-refractivity contribution in [2.24, 2.45) is 11.7 Å². The molecule has 2 nitrogen and oxygen atoms in total. The van der Waals surface area contributed by atoms with Gasteiger partial charge in [-0.2, -0.15) is 0 Å². The van der Waals surface area contributed by atoms with Gasteiger partial charge in [-0.15, -0.1) is 0 Å². The second kappa shape index (κ2) is 6.67. The topological polar surface area (TPSA) is 46.2 Å². The maximum absolute atomic E-state index is 12.5. The summed E-state index contributed by atoms with van der Waals surface area (Å²) in [5, 5.41) is 10.1. The largest absolute Gasteiger partial charge is 0.388 e. The minimum atomic E-state index is -2.51. The van der Waals surface area contributed by atoms with Gasteiger partial charge in [0, 0.05) is 11.5 Å². The molecule has 3 N–H and O–H groups in total. The number of hydrogen-bond acceptors (Lipinski definition) is 2. The lowest BCUT2D eigenvalue weighted by Crippen LogP contribution is -2.22. The summed E-state index contributed by atoms with van der Waals surface area (Å²) in [4.78, 5) is 0. The number of rotatable bonds is 6. The molecule has 0 saturated carbocycles. The van der Waals surface area contributed by atoms with Crippen molar-refractivity contribution in [3.05, 3.63) is 35.4 Å². The lowest BCUT2D eigenvalue weighted by Gasteiger charge is -2.21. The molecule has 1 aromatic carbocycles. The molecular weight excluding hydrogens is 224 g/mol. The molecule has 0 amide bonds. The number of aliphatic hydroxyl groups is 1. The van der Waals surface area contributed by atoms with Gasteiger partial charge >= 0.3 is 0 Å². The summed E-state index contributed by atoms with van der Waals surface area (Å²) in [5.74, 6) is -0.0760. The van der Waals surface area contributed by atoms with Gasteiger partial charge in [0.1, 0.15) is 0 Å². The van der Waals surface area contributed by atoms with E-state index in [0.717, 1.165) is 12.8 Å². The Balaban J connectivity index is 2.86. The van der Waals surface area contributed by atoms with Gasteiger partial charge in [0.2, 0.25) is 0 Å². The second-order valence-electron chi connectivity index (χ2n) is 4.20. The van der Waals surface area contributed by atoms with Crippen LogP contribution >= 0.6 is 0 Å². The maximum atomic E-state index is 12.5. The van der Waals surface area contributed by atoms with Gasteiger partial charge in [0.05, 0.1) is 6.10 Å². The van der Waals surface area contributed by atoms with E-state index in [1.54, 1.807) is 12.1 Å². The summed E-state index contributed by atoms with van der Waals surface area (Å²) < 4.78 is 25.1. The van der Waals surface area contributed by atoms with E-state index in [-0.39, 0.29) is 11.5 Å². The quantitative estimate of drug-likeness (QED) is 0.806. The van der Waals surface area contributed by atoms with Crippen molar-refractivity contribution in [2.45, 2.75) is 32.3 Å². The Morgan fingerprint density at radius 1 is 1.29 bits per heavy atom. The van der Waals surface area contributed by atoms with Gasteiger partial charge in [0.25, 0.3) is 6.43 Å². The molecule has 1 rings (SSSR count). The summed E-state index contributed by atoms with van der Waals surface area (Å²) in [6.45, 7) is 2.36. The van der Waals surface area contributed by atoms with Crippen molar-refractivity contribution in [1.82, 2.24) is 0 Å². The molecule has 0 fully saturated rings. The fourth-order valence-corrected chi connectivity index (χ4v) is 1.93. The van der Waals surface area contributed by atoms with Crippen LogP contribution in [0.3, 0.4) is 0 Å². The van der Waals surface area contributed by atoms with Crippen LogP contribution in [0.15, 0.2) is 24.3 Å². The molecule has 96 valence electrons. The first kappa shape index (κ1) is 14.1. The summed E-state index contributed by atoms with van der Waals surface area (Å²) in [7, 11) is 0. The normalized spacial score (nSPS) is 14.9. The van der Waals surface area contributed by atoms with E-state index in [2.05, 4.69) is 0 Å². The third kappa shape index (κ3) is 3.75. The van der Waals surface area contributed by atoms with Crippen LogP contribution in [0.5, 0.6) is 0 Å². The molecule has 0 bridgehead atoms. The third-order valence-corrected chi connectivity index (χ3v) is 2.91. The minimum Gasteiger partial charge on any atom is -0.388 e. The molecule has 0 aliphatic rings. The molecule has 0 aliphatic heterocycles. The van der Waals surface area contributed by atoms with Gasteiger partial charge in [-0.3, -0.25) is 0 Å². The van der Waals surface area contributed by atoms with Crippen LogP contribution in [0.25, 0.3) is 0 Å². The standard InChI is InChI=1S/C13H19F2NO/c1-2-4-11(8-16)12(17)9-5-3-6-10(7-9)13(14)15/h3,5-7,11-13,17H,2,4,8,16H2,1H3. The Morgan fingerprint density at radius 3 is 2.47 bits per heavy atom. The third-order valence-electron chi connectivity index (χ3n) is 2.91. The SMILES string of the molecule is CCCC(CN)C(O)c1cccc(C(F)F)c1. The number of alkyl halides is 2. The lowest BCUT2D eigenvalue weighted by molar-refractivity contribution is 0.106. The molecule has 0 saturated heterocycles. The highest BCUT2D eigenvalue weighted by atomic mass is 19.3. The number of halogens is 2. The van der Waals surface area contributed by atoms with E-state index in [4.69, 9.17) is 5.73 Å². The van der Waals surface area contributed by atoms with Crippen molar-refractivity contribution < 1.29 is 13.9 Å². The maximum Gasteiger partial charge on any atom is 0.263 e. The molecule has 0 spiro atoms. The average Bonchev–Trinajstić information content (AvgIpc) is 2.35. The van der Waals surface area contributed by atoms with Crippen LogP contribution in [0.2, 0.25) is 0 Å². The van der Waals surface area contributed by atoms with Crippen molar-refractivity contribution in [1.29, 1.82) is 0 Å². The second-order valence-corrected chi connectivity index (χ2v) is 4.20. The highest BCUT2D eigenvalue weighted by Crippen LogP contribution is 2.28. The highest BCUT2D eigenvalue weighted by Gasteiger charge is 2.19. The minimum absolute atomic E-state index is 0.0613. The summed E-state index contributed by atoms with van der Waals surface area (Å²) in [5.41, 5.74) is 6.05. The predicted molar refractivity (Wildman–Crippen MR) is 63.8 cm³/mol. The molecule has 0 radical (unpaired) electrons. The first-order valence-corrected chi connectivity index (χ1v) is 5.86.